The van der Waals surface area contributed by atoms with Crippen molar-refractivity contribution in [3.8, 4) is 0 Å². The molecule has 3 unspecified atom stereocenters. The Hall–Kier alpha value is -9.34. The van der Waals surface area contributed by atoms with Crippen molar-refractivity contribution in [3.05, 3.63) is 137 Å². The van der Waals surface area contributed by atoms with Crippen LogP contribution in [0, 0.1) is 11.8 Å². The van der Waals surface area contributed by atoms with Crippen LogP contribution in [0.2, 0.25) is 0 Å². The number of amides is 9. The molecule has 2 aliphatic heterocycles. The Bertz CT molecular complexity index is 3150. The summed E-state index contributed by atoms with van der Waals surface area (Å²) in [5, 5.41) is 13.8. The van der Waals surface area contributed by atoms with E-state index in [0.29, 0.717) is 83.7 Å². The van der Waals surface area contributed by atoms with Crippen LogP contribution in [0.1, 0.15) is 131 Å². The molecule has 0 saturated carbocycles. The van der Waals surface area contributed by atoms with Crippen molar-refractivity contribution in [2.75, 3.05) is 36.8 Å². The van der Waals surface area contributed by atoms with Gasteiger partial charge < -0.3 is 47.7 Å². The number of unbranched alkanes of at least 4 members (excludes halogenated alkanes) is 2. The van der Waals surface area contributed by atoms with Gasteiger partial charge in [0.1, 0.15) is 12.4 Å². The predicted octanol–water partition coefficient (Wildman–Crippen LogP) is 7.39. The number of carbonyl (C=O) groups excluding carboxylic acids is 10. The van der Waals surface area contributed by atoms with Crippen molar-refractivity contribution in [3.63, 3.8) is 0 Å². The highest BCUT2D eigenvalue weighted by atomic mass is 16.5. The number of amidine groups is 1. The maximum atomic E-state index is 13.9. The van der Waals surface area contributed by atoms with Crippen molar-refractivity contribution < 1.29 is 52.7 Å². The Morgan fingerprint density at radius 1 is 0.756 bits per heavy atom. The van der Waals surface area contributed by atoms with Crippen LogP contribution >= 0.6 is 0 Å². The fraction of sp³-hybridized carbons (Fsp3) is 0.406. The van der Waals surface area contributed by atoms with E-state index >= 15 is 0 Å². The lowest BCUT2D eigenvalue weighted by atomic mass is 9.89. The molecular weight excluding hydrogens is 1100 g/mol. The van der Waals surface area contributed by atoms with Gasteiger partial charge >= 0.3 is 12.1 Å². The van der Waals surface area contributed by atoms with E-state index in [1.807, 2.05) is 49.1 Å². The predicted molar refractivity (Wildman–Crippen MR) is 326 cm³/mol. The van der Waals surface area contributed by atoms with Gasteiger partial charge in [-0.25, -0.2) is 14.6 Å². The first kappa shape index (κ1) is 65.8. The molecule has 86 heavy (non-hydrogen) atoms. The summed E-state index contributed by atoms with van der Waals surface area (Å²) in [5.74, 6) is -3.54. The fourth-order valence-electron chi connectivity index (χ4n) is 9.93. The molecule has 4 aromatic rings. The lowest BCUT2D eigenvalue weighted by Crippen LogP contribution is -2.45. The third-order valence-corrected chi connectivity index (χ3v) is 14.4. The summed E-state index contributed by atoms with van der Waals surface area (Å²) in [6.45, 7) is 9.13. The lowest BCUT2D eigenvalue weighted by Gasteiger charge is -2.24. The first-order valence-corrected chi connectivity index (χ1v) is 29.3. The molecule has 3 heterocycles. The lowest BCUT2D eigenvalue weighted by molar-refractivity contribution is -0.137. The van der Waals surface area contributed by atoms with Crippen molar-refractivity contribution in [2.24, 2.45) is 28.3 Å². The Kier molecular flexibility index (Phi) is 25.4. The summed E-state index contributed by atoms with van der Waals surface area (Å²) in [6.07, 6.45) is 10.8. The number of imide groups is 1. The minimum absolute atomic E-state index is 0.0191. The van der Waals surface area contributed by atoms with Gasteiger partial charge in [0.05, 0.1) is 29.7 Å². The number of carbonyl (C=O) groups is 10. The number of primary amides is 1. The van der Waals surface area contributed by atoms with Gasteiger partial charge in [0.25, 0.3) is 17.7 Å². The van der Waals surface area contributed by atoms with Gasteiger partial charge in [0, 0.05) is 98.5 Å². The van der Waals surface area contributed by atoms with Gasteiger partial charge in [-0.1, -0.05) is 82.6 Å². The van der Waals surface area contributed by atoms with E-state index in [-0.39, 0.29) is 112 Å². The number of aliphatic imine (C=N–C) groups is 1. The Morgan fingerprint density at radius 2 is 1.48 bits per heavy atom. The number of hydrogen-bond donors (Lipinski definition) is 7. The number of ketones is 2. The molecule has 0 radical (unpaired) electrons. The summed E-state index contributed by atoms with van der Waals surface area (Å²) in [6, 6.07) is 19.9. The molecule has 22 heteroatoms. The number of nitrogens with zero attached hydrogens (tertiary/aromatic N) is 4. The van der Waals surface area contributed by atoms with Gasteiger partial charge in [0.2, 0.25) is 17.7 Å². The van der Waals surface area contributed by atoms with Gasteiger partial charge in [0.15, 0.2) is 11.6 Å². The van der Waals surface area contributed by atoms with E-state index < -0.39 is 41.9 Å². The molecule has 0 saturated heterocycles. The smallest absolute Gasteiger partial charge is 0.408 e. The number of aryl methyl sites for hydroxylation is 1. The topological polar surface area (TPSA) is 324 Å². The number of hydrogen-bond acceptors (Lipinski definition) is 14. The molecule has 22 nitrogen and oxygen atoms in total. The minimum Gasteiger partial charge on any atom is -0.445 e. The molecule has 1 aromatic heterocycles. The molecule has 3 aromatic carbocycles. The quantitative estimate of drug-likeness (QED) is 0.0181. The monoisotopic (exact) mass is 1180 g/mol. The number of aromatic nitrogens is 1. The van der Waals surface area contributed by atoms with Gasteiger partial charge in [-0.3, -0.25) is 48.2 Å². The molecule has 9 amide bonds. The van der Waals surface area contributed by atoms with Crippen LogP contribution in [0.5, 0.6) is 0 Å². The summed E-state index contributed by atoms with van der Waals surface area (Å²) >= 11 is 0. The number of ether oxygens (including phenoxy) is 1. The Morgan fingerprint density at radius 3 is 2.16 bits per heavy atom. The maximum absolute atomic E-state index is 13.9. The molecule has 3 atom stereocenters. The molecule has 6 rings (SSSR count). The van der Waals surface area contributed by atoms with Crippen molar-refractivity contribution in [2.45, 2.75) is 130 Å². The highest BCUT2D eigenvalue weighted by Crippen LogP contribution is 2.29. The number of Topliss-reactive ketones (excluding diaryl/α,β-unsaturated/α-hetero) is 2. The first-order valence-electron chi connectivity index (χ1n) is 29.3. The first-order chi connectivity index (χ1) is 41.3. The van der Waals surface area contributed by atoms with E-state index in [1.54, 1.807) is 74.7 Å². The second kappa shape index (κ2) is 33.2. The maximum Gasteiger partial charge on any atom is 0.408 e. The van der Waals surface area contributed by atoms with Gasteiger partial charge in [-0.05, 0) is 110 Å². The molecule has 2 aliphatic rings. The van der Waals surface area contributed by atoms with E-state index in [2.05, 4.69) is 36.6 Å². The molecule has 0 fully saturated rings. The van der Waals surface area contributed by atoms with Crippen LogP contribution in [-0.2, 0) is 57.7 Å². The number of urea groups is 1. The number of benzene rings is 3. The van der Waals surface area contributed by atoms with Crippen LogP contribution in [-0.4, -0.2) is 118 Å². The fourth-order valence-corrected chi connectivity index (χ4v) is 9.93. The molecule has 9 N–H and O–H groups in total. The minimum atomic E-state index is -0.959. The third-order valence-electron chi connectivity index (χ3n) is 14.4. The van der Waals surface area contributed by atoms with Crippen LogP contribution < -0.4 is 38.1 Å². The molecule has 0 aliphatic carbocycles. The van der Waals surface area contributed by atoms with Crippen molar-refractivity contribution >= 4 is 88.1 Å². The van der Waals surface area contributed by atoms with E-state index in [4.69, 9.17) is 16.2 Å². The van der Waals surface area contributed by atoms with Crippen LogP contribution in [0.3, 0.4) is 0 Å². The highest BCUT2D eigenvalue weighted by molar-refractivity contribution is 6.13. The summed E-state index contributed by atoms with van der Waals surface area (Å²) < 4.78 is 5.58. The largest absolute Gasteiger partial charge is 0.445 e. The van der Waals surface area contributed by atoms with Crippen molar-refractivity contribution in [1.82, 2.24) is 30.7 Å². The summed E-state index contributed by atoms with van der Waals surface area (Å²) in [5.41, 5.74) is 16.3. The van der Waals surface area contributed by atoms with E-state index in [9.17, 15) is 47.9 Å². The zero-order valence-electron chi connectivity index (χ0n) is 49.4. The van der Waals surface area contributed by atoms with Crippen LogP contribution in [0.4, 0.5) is 26.7 Å². The molecule has 456 valence electrons. The number of nitrogens with two attached hydrogens (primary N) is 2. The van der Waals surface area contributed by atoms with E-state index in [1.165, 1.54) is 18.3 Å². The third kappa shape index (κ3) is 20.8. The molecule has 0 bridgehead atoms. The van der Waals surface area contributed by atoms with Crippen LogP contribution in [0.25, 0.3) is 6.08 Å². The van der Waals surface area contributed by atoms with Gasteiger partial charge in [-0.2, -0.15) is 0 Å². The average molecular weight is 1180 g/mol. The number of nitrogens with one attached hydrogen (secondary N) is 5. The molecular formula is C64H79N11O11. The highest BCUT2D eigenvalue weighted by Gasteiger charge is 2.30. The van der Waals surface area contributed by atoms with Crippen molar-refractivity contribution in [1.29, 1.82) is 0 Å². The SMILES string of the molecule is CCCN(CCC)C(=O)C1=Cc2ccc(C(=O)Nc3cncc(CCC(=O)C(Cc4ccccc4)NC(=O)OCc4ccc(NC(=O)C(CCCNC(N)=O)CC(=O)C(NC(=O)CCCCCN5C(=O)C=CC5=O)C(C)C)cc4)c3)cc2N=C(N)C1. The van der Waals surface area contributed by atoms with Crippen LogP contribution in [0.15, 0.2) is 114 Å². The number of rotatable bonds is 33. The summed E-state index contributed by atoms with van der Waals surface area (Å²) in [7, 11) is 0. The number of alkyl carbamates (subject to hydrolysis) is 1. The Balaban J connectivity index is 1.01. The average Bonchev–Trinajstić information content (AvgIpc) is 3.16. The second-order valence-corrected chi connectivity index (χ2v) is 21.7. The second-order valence-electron chi connectivity index (χ2n) is 21.7. The Labute approximate surface area is 501 Å². The summed E-state index contributed by atoms with van der Waals surface area (Å²) in [4.78, 5) is 142. The number of fused-ring (bicyclic) bond motifs is 1. The zero-order valence-corrected chi connectivity index (χ0v) is 49.4. The number of anilines is 2. The normalized spacial score (nSPS) is 13.7. The molecule has 0 spiro atoms. The van der Waals surface area contributed by atoms with Gasteiger partial charge in [-0.15, -0.1) is 0 Å². The number of pyridine rings is 1. The standard InChI is InChI=1S/C64H79N11O11/c1-5-29-74(30-6-2)62(83)48-34-45-21-22-47(35-51(45)71-55(65)37-48)61(82)70-50-32-44(38-67-39-50)20-25-53(76)52(33-42-14-9-7-10-15-42)72-64(85)86-40-43-18-23-49(24-19-43)69-60(81)46(16-13-28-68-63(66)84)36-54(77)59(41(3)4)73-56(78)17-11-8-12-31-75-57(79)26-27-58(75)80/h7,9-10,14-15,18-19,21-24,26-27,32,34-35,38-39,41,46,52,59H,5-6,8,11-13,16-17,20,25,28-31,33,36-37,40H2,1-4H3,(H2,65,71)(H,69,81)(H,70,82)(H,72,85)(H,73,78)(H3,66,68,84). The zero-order chi connectivity index (χ0) is 62.1. The van der Waals surface area contributed by atoms with E-state index in [0.717, 1.165) is 23.3 Å².